The van der Waals surface area contributed by atoms with Gasteiger partial charge in [0.05, 0.1) is 1.37 Å². The summed E-state index contributed by atoms with van der Waals surface area (Å²) >= 11 is 0. The second-order valence-electron chi connectivity index (χ2n) is 4.36. The van der Waals surface area contributed by atoms with E-state index in [0.29, 0.717) is 12.0 Å². The van der Waals surface area contributed by atoms with Crippen molar-refractivity contribution in [1.29, 1.82) is 0 Å². The first-order chi connectivity index (χ1) is 7.72. The molecule has 0 nitrogen and oxygen atoms in total. The van der Waals surface area contributed by atoms with E-state index in [0.717, 1.165) is 12.8 Å². The van der Waals surface area contributed by atoms with E-state index in [9.17, 15) is 0 Å². The summed E-state index contributed by atoms with van der Waals surface area (Å²) in [6.07, 6.45) is 12.2. The maximum atomic E-state index is 7.72. The normalized spacial score (nSPS) is 12.9. The minimum absolute atomic E-state index is 0.362. The average Bonchev–Trinajstić information content (AvgIpc) is 2.31. The maximum absolute atomic E-state index is 7.72. The van der Waals surface area contributed by atoms with Crippen LogP contribution in [0, 0.1) is 5.92 Å². The average molecular weight is 209 g/mol. The van der Waals surface area contributed by atoms with Crippen LogP contribution in [0.3, 0.4) is 0 Å². The maximum Gasteiger partial charge on any atom is 0.0669 e. The minimum Gasteiger partial charge on any atom is -0.129 e. The van der Waals surface area contributed by atoms with Gasteiger partial charge in [-0.3, -0.25) is 0 Å². The summed E-state index contributed by atoms with van der Waals surface area (Å²) in [4.78, 5) is 0. The molecule has 0 aliphatic carbocycles. The first-order valence-corrected chi connectivity index (χ1v) is 6.64. The molecule has 0 rings (SSSR count). The molecule has 88 valence electrons. The zero-order chi connectivity index (χ0) is 12.2. The van der Waals surface area contributed by atoms with Crippen LogP contribution < -0.4 is 0 Å². The third kappa shape index (κ3) is 11.4. The Labute approximate surface area is 97.9 Å². The standard InChI is InChI=1S/C15H28/c1-4-6-7-8-9-10-11-12-13-14-15(3)5-2/h12,14-15H,4-11H2,1-3H3/i14D. The second-order valence-corrected chi connectivity index (χ2v) is 4.36. The van der Waals surface area contributed by atoms with E-state index in [-0.39, 0.29) is 0 Å². The highest BCUT2D eigenvalue weighted by atomic mass is 13.9. The second kappa shape index (κ2) is 11.6. The molecule has 0 aliphatic rings. The molecule has 0 aromatic carbocycles. The van der Waals surface area contributed by atoms with Gasteiger partial charge in [0, 0.05) is 0 Å². The third-order valence-electron chi connectivity index (χ3n) is 2.75. The Hall–Kier alpha value is -0.480. The lowest BCUT2D eigenvalue weighted by molar-refractivity contribution is 0.611. The van der Waals surface area contributed by atoms with Gasteiger partial charge < -0.3 is 0 Å². The summed E-state index contributed by atoms with van der Waals surface area (Å²) < 4.78 is 7.72. The van der Waals surface area contributed by atoms with Gasteiger partial charge in [0.25, 0.3) is 0 Å². The van der Waals surface area contributed by atoms with Crippen molar-refractivity contribution in [1.82, 2.24) is 0 Å². The van der Waals surface area contributed by atoms with Crippen LogP contribution in [-0.2, 0) is 0 Å². The van der Waals surface area contributed by atoms with Crippen molar-refractivity contribution in [3.8, 4) is 0 Å². The Morgan fingerprint density at radius 3 is 2.47 bits per heavy atom. The van der Waals surface area contributed by atoms with Crippen molar-refractivity contribution in [3.63, 3.8) is 0 Å². The summed E-state index contributed by atoms with van der Waals surface area (Å²) in [5.41, 5.74) is 3.09. The van der Waals surface area contributed by atoms with E-state index in [1.54, 1.807) is 0 Å². The Bertz CT molecular complexity index is 211. The molecule has 0 aromatic heterocycles. The van der Waals surface area contributed by atoms with Crippen LogP contribution in [0.2, 0.25) is 0 Å². The molecule has 0 bridgehead atoms. The fourth-order valence-electron chi connectivity index (χ4n) is 1.40. The SMILES string of the molecule is [2H]C(=C=CCCCCCCCC)C(C)CC. The Balaban J connectivity index is 3.53. The van der Waals surface area contributed by atoms with Crippen molar-refractivity contribution in [2.24, 2.45) is 5.92 Å². The van der Waals surface area contributed by atoms with E-state index in [2.05, 4.69) is 26.5 Å². The van der Waals surface area contributed by atoms with Gasteiger partial charge >= 0.3 is 0 Å². The molecule has 0 N–H and O–H groups in total. The van der Waals surface area contributed by atoms with Crippen LogP contribution in [0.25, 0.3) is 0 Å². The summed E-state index contributed by atoms with van der Waals surface area (Å²) in [6.45, 7) is 6.46. The van der Waals surface area contributed by atoms with Gasteiger partial charge in [-0.05, 0) is 37.3 Å². The van der Waals surface area contributed by atoms with E-state index in [4.69, 9.17) is 1.37 Å². The fourth-order valence-corrected chi connectivity index (χ4v) is 1.40. The highest BCUT2D eigenvalue weighted by molar-refractivity contribution is 4.87. The van der Waals surface area contributed by atoms with E-state index in [1.807, 2.05) is 6.08 Å². The molecule has 0 heteroatoms. The molecular weight excluding hydrogens is 180 g/mol. The highest BCUT2D eigenvalue weighted by Crippen LogP contribution is 2.07. The van der Waals surface area contributed by atoms with Gasteiger partial charge in [-0.2, -0.15) is 0 Å². The predicted octanol–water partition coefficient (Wildman–Crippen LogP) is 5.49. The first kappa shape index (κ1) is 12.6. The van der Waals surface area contributed by atoms with Crippen LogP contribution in [-0.4, -0.2) is 0 Å². The molecule has 1 atom stereocenters. The molecule has 0 saturated carbocycles. The lowest BCUT2D eigenvalue weighted by atomic mass is 10.1. The lowest BCUT2D eigenvalue weighted by Crippen LogP contribution is -1.81. The van der Waals surface area contributed by atoms with Crippen LogP contribution in [0.15, 0.2) is 17.9 Å². The number of allylic oxidation sites excluding steroid dienone is 1. The van der Waals surface area contributed by atoms with Gasteiger partial charge in [0.15, 0.2) is 0 Å². The first-order valence-electron chi connectivity index (χ1n) is 7.14. The Morgan fingerprint density at radius 2 is 1.80 bits per heavy atom. The van der Waals surface area contributed by atoms with Crippen molar-refractivity contribution in [2.45, 2.75) is 72.1 Å². The number of hydrogen-bond acceptors (Lipinski definition) is 0. The smallest absolute Gasteiger partial charge is 0.0669 e. The highest BCUT2D eigenvalue weighted by Gasteiger charge is 1.89. The van der Waals surface area contributed by atoms with E-state index in [1.165, 1.54) is 38.5 Å². The molecule has 0 fully saturated rings. The predicted molar refractivity (Wildman–Crippen MR) is 70.1 cm³/mol. The number of rotatable bonds is 9. The zero-order valence-electron chi connectivity index (χ0n) is 11.8. The molecule has 15 heavy (non-hydrogen) atoms. The van der Waals surface area contributed by atoms with Crippen LogP contribution in [0.4, 0.5) is 0 Å². The van der Waals surface area contributed by atoms with Gasteiger partial charge in [-0.1, -0.05) is 52.9 Å². The fraction of sp³-hybridized carbons (Fsp3) is 0.800. The summed E-state index contributed by atoms with van der Waals surface area (Å²) in [6, 6.07) is 0.661. The lowest BCUT2D eigenvalue weighted by Gasteiger charge is -1.97. The summed E-state index contributed by atoms with van der Waals surface area (Å²) in [7, 11) is 0. The van der Waals surface area contributed by atoms with Crippen LogP contribution in [0.1, 0.15) is 73.5 Å². The zero-order valence-corrected chi connectivity index (χ0v) is 10.8. The van der Waals surface area contributed by atoms with E-state index >= 15 is 0 Å². The number of unbranched alkanes of at least 4 members (excludes halogenated alkanes) is 6. The molecule has 0 heterocycles. The van der Waals surface area contributed by atoms with Gasteiger partial charge in [0.1, 0.15) is 0 Å². The van der Waals surface area contributed by atoms with Crippen LogP contribution in [0.5, 0.6) is 0 Å². The molecule has 0 amide bonds. The van der Waals surface area contributed by atoms with Crippen molar-refractivity contribution >= 4 is 0 Å². The van der Waals surface area contributed by atoms with Gasteiger partial charge in [-0.15, -0.1) is 5.73 Å². The molecule has 0 aromatic rings. The topological polar surface area (TPSA) is 0 Å². The van der Waals surface area contributed by atoms with Gasteiger partial charge in [-0.25, -0.2) is 0 Å². The molecule has 0 radical (unpaired) electrons. The van der Waals surface area contributed by atoms with Crippen molar-refractivity contribution < 1.29 is 1.37 Å². The molecule has 0 spiro atoms. The summed E-state index contributed by atoms with van der Waals surface area (Å²) in [5.74, 6) is 0.362. The quantitative estimate of drug-likeness (QED) is 0.348. The Kier molecular flexibility index (Phi) is 9.73. The summed E-state index contributed by atoms with van der Waals surface area (Å²) in [5, 5.41) is 0. The molecule has 0 saturated heterocycles. The van der Waals surface area contributed by atoms with Crippen molar-refractivity contribution in [3.05, 3.63) is 17.9 Å². The largest absolute Gasteiger partial charge is 0.129 e. The minimum atomic E-state index is 0.362. The van der Waals surface area contributed by atoms with Gasteiger partial charge in [0.2, 0.25) is 0 Å². The molecule has 0 aliphatic heterocycles. The number of hydrogen-bond donors (Lipinski definition) is 0. The third-order valence-corrected chi connectivity index (χ3v) is 2.75. The monoisotopic (exact) mass is 209 g/mol. The van der Waals surface area contributed by atoms with E-state index < -0.39 is 0 Å². The Morgan fingerprint density at radius 1 is 1.13 bits per heavy atom. The van der Waals surface area contributed by atoms with Crippen molar-refractivity contribution in [2.75, 3.05) is 0 Å². The molecule has 1 unspecified atom stereocenters. The van der Waals surface area contributed by atoms with Crippen LogP contribution >= 0.6 is 0 Å². The molecular formula is C15H28.